The van der Waals surface area contributed by atoms with Crippen molar-refractivity contribution in [3.05, 3.63) is 35.1 Å². The Morgan fingerprint density at radius 2 is 1.93 bits per heavy atom. The van der Waals surface area contributed by atoms with Gasteiger partial charge in [-0.2, -0.15) is 0 Å². The molecule has 0 spiro atoms. The lowest BCUT2D eigenvalue weighted by Crippen LogP contribution is -2.00. The molecule has 0 fully saturated rings. The summed E-state index contributed by atoms with van der Waals surface area (Å²) < 4.78 is 38.3. The van der Waals surface area contributed by atoms with Gasteiger partial charge in [0.1, 0.15) is 11.6 Å². The third kappa shape index (κ3) is 2.58. The molecule has 0 aliphatic carbocycles. The molecular formula is C10H9F3O. The summed E-state index contributed by atoms with van der Waals surface area (Å²) in [5.74, 6) is -3.27. The van der Waals surface area contributed by atoms with Crippen molar-refractivity contribution in [3.63, 3.8) is 0 Å². The Morgan fingerprint density at radius 3 is 2.50 bits per heavy atom. The van der Waals surface area contributed by atoms with Gasteiger partial charge in [0.15, 0.2) is 11.6 Å². The highest BCUT2D eigenvalue weighted by atomic mass is 19.2. The van der Waals surface area contributed by atoms with Gasteiger partial charge in [0.05, 0.1) is 0 Å². The van der Waals surface area contributed by atoms with Crippen molar-refractivity contribution < 1.29 is 18.0 Å². The van der Waals surface area contributed by atoms with Crippen LogP contribution in [0.4, 0.5) is 13.2 Å². The van der Waals surface area contributed by atoms with Crippen LogP contribution >= 0.6 is 0 Å². The van der Waals surface area contributed by atoms with Gasteiger partial charge in [-0.25, -0.2) is 13.2 Å². The topological polar surface area (TPSA) is 17.1 Å². The number of aryl methyl sites for hydroxylation is 1. The molecule has 0 aliphatic heterocycles. The summed E-state index contributed by atoms with van der Waals surface area (Å²) in [5.41, 5.74) is -0.0994. The molecule has 1 aromatic rings. The van der Waals surface area contributed by atoms with Crippen LogP contribution in [0.15, 0.2) is 12.1 Å². The van der Waals surface area contributed by atoms with Crippen LogP contribution in [0, 0.1) is 17.5 Å². The number of hydrogen-bond donors (Lipinski definition) is 0. The SMILES string of the molecule is CC(=O)CCc1cc(F)cc(F)c1F. The standard InChI is InChI=1S/C10H9F3O/c1-6(14)2-3-7-4-8(11)5-9(12)10(7)13/h4-5H,2-3H2,1H3. The highest BCUT2D eigenvalue weighted by Crippen LogP contribution is 2.15. The largest absolute Gasteiger partial charge is 0.300 e. The number of carbonyl (C=O) groups excluding carboxylic acids is 1. The van der Waals surface area contributed by atoms with E-state index in [1.54, 1.807) is 0 Å². The molecule has 0 amide bonds. The molecule has 0 bridgehead atoms. The number of Topliss-reactive ketones (excluding diaryl/α,β-unsaturated/α-hetero) is 1. The normalized spacial score (nSPS) is 10.3. The smallest absolute Gasteiger partial charge is 0.162 e. The lowest BCUT2D eigenvalue weighted by Gasteiger charge is -2.02. The van der Waals surface area contributed by atoms with E-state index in [0.717, 1.165) is 6.07 Å². The van der Waals surface area contributed by atoms with Gasteiger partial charge in [-0.1, -0.05) is 0 Å². The second-order valence-electron chi connectivity index (χ2n) is 3.06. The van der Waals surface area contributed by atoms with Gasteiger partial charge in [-0.15, -0.1) is 0 Å². The van der Waals surface area contributed by atoms with Crippen LogP contribution in [-0.4, -0.2) is 5.78 Å². The first-order chi connectivity index (χ1) is 6.50. The maximum atomic E-state index is 13.0. The monoisotopic (exact) mass is 202 g/mol. The Hall–Kier alpha value is -1.32. The van der Waals surface area contributed by atoms with Crippen LogP contribution < -0.4 is 0 Å². The van der Waals surface area contributed by atoms with Crippen molar-refractivity contribution in [3.8, 4) is 0 Å². The molecule has 0 aliphatic rings. The van der Waals surface area contributed by atoms with E-state index in [4.69, 9.17) is 0 Å². The van der Waals surface area contributed by atoms with Gasteiger partial charge in [-0.05, 0) is 25.0 Å². The van der Waals surface area contributed by atoms with Crippen LogP contribution in [0.1, 0.15) is 18.9 Å². The van der Waals surface area contributed by atoms with E-state index in [1.807, 2.05) is 0 Å². The van der Waals surface area contributed by atoms with Crippen LogP contribution in [-0.2, 0) is 11.2 Å². The molecule has 0 N–H and O–H groups in total. The van der Waals surface area contributed by atoms with Crippen molar-refractivity contribution >= 4 is 5.78 Å². The quantitative estimate of drug-likeness (QED) is 0.688. The lowest BCUT2D eigenvalue weighted by molar-refractivity contribution is -0.116. The van der Waals surface area contributed by atoms with Gasteiger partial charge in [0, 0.05) is 12.5 Å². The van der Waals surface area contributed by atoms with Crippen molar-refractivity contribution in [2.75, 3.05) is 0 Å². The van der Waals surface area contributed by atoms with E-state index in [0.29, 0.717) is 6.07 Å². The van der Waals surface area contributed by atoms with Gasteiger partial charge < -0.3 is 4.79 Å². The van der Waals surface area contributed by atoms with Crippen LogP contribution in [0.25, 0.3) is 0 Å². The van der Waals surface area contributed by atoms with Gasteiger partial charge in [0.25, 0.3) is 0 Å². The molecule has 0 saturated carbocycles. The molecule has 0 saturated heterocycles. The molecule has 0 aromatic heterocycles. The summed E-state index contributed by atoms with van der Waals surface area (Å²) in [6.07, 6.45) is 0.107. The number of hydrogen-bond acceptors (Lipinski definition) is 1. The fourth-order valence-corrected chi connectivity index (χ4v) is 1.10. The average molecular weight is 202 g/mol. The molecule has 0 atom stereocenters. The minimum absolute atomic E-state index is 0.0237. The minimum atomic E-state index is -1.22. The van der Waals surface area contributed by atoms with Crippen molar-refractivity contribution in [1.29, 1.82) is 0 Å². The molecular weight excluding hydrogens is 193 g/mol. The van der Waals surface area contributed by atoms with Crippen molar-refractivity contribution in [2.45, 2.75) is 19.8 Å². The third-order valence-electron chi connectivity index (χ3n) is 1.81. The number of rotatable bonds is 3. The number of carbonyl (C=O) groups is 1. The molecule has 0 heterocycles. The first-order valence-electron chi connectivity index (χ1n) is 4.13. The van der Waals surface area contributed by atoms with E-state index in [2.05, 4.69) is 0 Å². The molecule has 1 rings (SSSR count). The second-order valence-corrected chi connectivity index (χ2v) is 3.06. The summed E-state index contributed by atoms with van der Waals surface area (Å²) in [5, 5.41) is 0. The Kier molecular flexibility index (Phi) is 3.28. The highest BCUT2D eigenvalue weighted by molar-refractivity contribution is 5.75. The van der Waals surface area contributed by atoms with Gasteiger partial charge >= 0.3 is 0 Å². The molecule has 76 valence electrons. The van der Waals surface area contributed by atoms with Gasteiger partial charge in [-0.3, -0.25) is 0 Å². The highest BCUT2D eigenvalue weighted by Gasteiger charge is 2.11. The number of halogens is 3. The Balaban J connectivity index is 2.90. The van der Waals surface area contributed by atoms with Gasteiger partial charge in [0.2, 0.25) is 0 Å². The van der Waals surface area contributed by atoms with Crippen LogP contribution in [0.5, 0.6) is 0 Å². The fourth-order valence-electron chi connectivity index (χ4n) is 1.10. The van der Waals surface area contributed by atoms with E-state index in [1.165, 1.54) is 6.92 Å². The zero-order valence-electron chi connectivity index (χ0n) is 7.61. The zero-order valence-corrected chi connectivity index (χ0v) is 7.61. The van der Waals surface area contributed by atoms with Crippen LogP contribution in [0.2, 0.25) is 0 Å². The van der Waals surface area contributed by atoms with Crippen molar-refractivity contribution in [2.24, 2.45) is 0 Å². The number of benzene rings is 1. The molecule has 4 heteroatoms. The minimum Gasteiger partial charge on any atom is -0.300 e. The summed E-state index contributed by atoms with van der Waals surface area (Å²) >= 11 is 0. The second kappa shape index (κ2) is 4.26. The van der Waals surface area contributed by atoms with E-state index in [-0.39, 0.29) is 24.2 Å². The first kappa shape index (κ1) is 10.8. The molecule has 1 aromatic carbocycles. The summed E-state index contributed by atoms with van der Waals surface area (Å²) in [6.45, 7) is 1.34. The molecule has 0 unspecified atom stereocenters. The average Bonchev–Trinajstić information content (AvgIpc) is 2.08. The van der Waals surface area contributed by atoms with Crippen molar-refractivity contribution in [1.82, 2.24) is 0 Å². The van der Waals surface area contributed by atoms with E-state index in [9.17, 15) is 18.0 Å². The summed E-state index contributed by atoms with van der Waals surface area (Å²) in [6, 6.07) is 1.38. The molecule has 14 heavy (non-hydrogen) atoms. The predicted molar refractivity (Wildman–Crippen MR) is 45.3 cm³/mol. The zero-order chi connectivity index (χ0) is 10.7. The molecule has 1 nitrogen and oxygen atoms in total. The first-order valence-corrected chi connectivity index (χ1v) is 4.13. The third-order valence-corrected chi connectivity index (χ3v) is 1.81. The Labute approximate surface area is 79.5 Å². The Bertz CT molecular complexity index is 361. The Morgan fingerprint density at radius 1 is 1.29 bits per heavy atom. The molecule has 0 radical (unpaired) electrons. The number of ketones is 1. The fraction of sp³-hybridized carbons (Fsp3) is 0.300. The predicted octanol–water partition coefficient (Wildman–Crippen LogP) is 2.63. The maximum Gasteiger partial charge on any atom is 0.162 e. The van der Waals surface area contributed by atoms with E-state index >= 15 is 0 Å². The maximum absolute atomic E-state index is 13.0. The summed E-state index contributed by atoms with van der Waals surface area (Å²) in [7, 11) is 0. The van der Waals surface area contributed by atoms with Crippen LogP contribution in [0.3, 0.4) is 0 Å². The van der Waals surface area contributed by atoms with E-state index < -0.39 is 17.5 Å². The lowest BCUT2D eigenvalue weighted by atomic mass is 10.1. The summed E-state index contributed by atoms with van der Waals surface area (Å²) in [4.78, 5) is 10.6.